The van der Waals surface area contributed by atoms with Gasteiger partial charge in [0.25, 0.3) is 0 Å². The summed E-state index contributed by atoms with van der Waals surface area (Å²) in [4.78, 5) is 4.09. The van der Waals surface area contributed by atoms with Crippen molar-refractivity contribution in [2.45, 2.75) is 64.7 Å². The molecule has 6 heteroatoms. The molecule has 2 N–H and O–H groups in total. The molecule has 1 aromatic heterocycles. The fourth-order valence-corrected chi connectivity index (χ4v) is 2.91. The molecular formula is C15H27N3O3. The summed E-state index contributed by atoms with van der Waals surface area (Å²) in [7, 11) is 0. The maximum atomic E-state index is 9.97. The van der Waals surface area contributed by atoms with Crippen LogP contribution in [0.2, 0.25) is 0 Å². The van der Waals surface area contributed by atoms with Gasteiger partial charge in [-0.3, -0.25) is 0 Å². The van der Waals surface area contributed by atoms with E-state index in [1.54, 1.807) is 6.92 Å². The molecule has 0 aliphatic heterocycles. The van der Waals surface area contributed by atoms with Crippen LogP contribution in [0.4, 0.5) is 0 Å². The van der Waals surface area contributed by atoms with Crippen molar-refractivity contribution in [1.82, 2.24) is 15.5 Å². The Labute approximate surface area is 126 Å². The lowest BCUT2D eigenvalue weighted by Crippen LogP contribution is -2.34. The number of rotatable bonds is 8. The molecule has 0 saturated heterocycles. The van der Waals surface area contributed by atoms with Gasteiger partial charge in [-0.15, -0.1) is 0 Å². The Morgan fingerprint density at radius 2 is 2.24 bits per heavy atom. The summed E-state index contributed by atoms with van der Waals surface area (Å²) in [6.07, 6.45) is 5.91. The molecule has 3 atom stereocenters. The van der Waals surface area contributed by atoms with Crippen molar-refractivity contribution in [2.24, 2.45) is 5.92 Å². The summed E-state index contributed by atoms with van der Waals surface area (Å²) < 4.78 is 10.9. The van der Waals surface area contributed by atoms with E-state index in [9.17, 15) is 5.11 Å². The van der Waals surface area contributed by atoms with E-state index in [1.165, 1.54) is 19.3 Å². The third kappa shape index (κ3) is 5.37. The minimum atomic E-state index is -0.506. The van der Waals surface area contributed by atoms with Gasteiger partial charge in [0.05, 0.1) is 25.4 Å². The van der Waals surface area contributed by atoms with Gasteiger partial charge in [-0.05, 0) is 25.7 Å². The summed E-state index contributed by atoms with van der Waals surface area (Å²) in [5, 5.41) is 16.8. The first-order valence-corrected chi connectivity index (χ1v) is 7.98. The first-order valence-electron chi connectivity index (χ1n) is 7.98. The summed E-state index contributed by atoms with van der Waals surface area (Å²) in [5.74, 6) is 1.82. The Morgan fingerprint density at radius 1 is 1.43 bits per heavy atom. The van der Waals surface area contributed by atoms with Gasteiger partial charge in [0.1, 0.15) is 0 Å². The molecule has 6 nitrogen and oxygen atoms in total. The number of hydrogen-bond donors (Lipinski definition) is 2. The van der Waals surface area contributed by atoms with E-state index >= 15 is 0 Å². The Kier molecular flexibility index (Phi) is 6.60. The Morgan fingerprint density at radius 3 is 2.95 bits per heavy atom. The van der Waals surface area contributed by atoms with E-state index in [2.05, 4.69) is 22.4 Å². The number of aliphatic hydroxyl groups is 1. The first kappa shape index (κ1) is 16.4. The Bertz CT molecular complexity index is 411. The van der Waals surface area contributed by atoms with Crippen LogP contribution in [0.5, 0.6) is 0 Å². The van der Waals surface area contributed by atoms with Gasteiger partial charge in [-0.25, -0.2) is 0 Å². The normalized spacial score (nSPS) is 24.1. The van der Waals surface area contributed by atoms with Gasteiger partial charge in [0.2, 0.25) is 5.89 Å². The number of ether oxygens (including phenoxy) is 1. The van der Waals surface area contributed by atoms with E-state index in [4.69, 9.17) is 9.26 Å². The van der Waals surface area contributed by atoms with Crippen LogP contribution in [0.15, 0.2) is 4.52 Å². The zero-order valence-corrected chi connectivity index (χ0v) is 13.0. The summed E-state index contributed by atoms with van der Waals surface area (Å²) in [6.45, 7) is 5.32. The quantitative estimate of drug-likeness (QED) is 0.762. The smallest absolute Gasteiger partial charge is 0.240 e. The van der Waals surface area contributed by atoms with E-state index in [-0.39, 0.29) is 0 Å². The van der Waals surface area contributed by atoms with Crippen LogP contribution in [0, 0.1) is 12.8 Å². The highest BCUT2D eigenvalue weighted by Gasteiger charge is 2.24. The highest BCUT2D eigenvalue weighted by Crippen LogP contribution is 2.29. The van der Waals surface area contributed by atoms with Crippen LogP contribution in [0.3, 0.4) is 0 Å². The lowest BCUT2D eigenvalue weighted by atomic mass is 9.85. The number of aromatic nitrogens is 2. The second-order valence-corrected chi connectivity index (χ2v) is 5.84. The fraction of sp³-hybridized carbons (Fsp3) is 0.867. The van der Waals surface area contributed by atoms with Crippen LogP contribution in [-0.2, 0) is 11.3 Å². The second kappa shape index (κ2) is 8.46. The molecule has 2 rings (SSSR count). The number of nitrogens with zero attached hydrogens (tertiary/aromatic N) is 2. The lowest BCUT2D eigenvalue weighted by molar-refractivity contribution is -0.0500. The minimum absolute atomic E-state index is 0.317. The third-order valence-corrected chi connectivity index (χ3v) is 4.09. The summed E-state index contributed by atoms with van der Waals surface area (Å²) in [6, 6.07) is 0. The van der Waals surface area contributed by atoms with Crippen molar-refractivity contribution < 1.29 is 14.4 Å². The number of aliphatic hydroxyl groups excluding tert-OH is 1. The molecule has 1 heterocycles. The SMILES string of the molecule is CCC1CCCCC1OCC(O)CNCc1nc(C)no1. The van der Waals surface area contributed by atoms with Crippen molar-refractivity contribution in [3.63, 3.8) is 0 Å². The zero-order chi connectivity index (χ0) is 15.1. The first-order chi connectivity index (χ1) is 10.2. The molecule has 1 aromatic rings. The maximum Gasteiger partial charge on any atom is 0.240 e. The molecule has 0 radical (unpaired) electrons. The van der Waals surface area contributed by atoms with Crippen molar-refractivity contribution in [2.75, 3.05) is 13.2 Å². The van der Waals surface area contributed by atoms with Gasteiger partial charge in [-0.1, -0.05) is 31.3 Å². The van der Waals surface area contributed by atoms with Crippen molar-refractivity contribution >= 4 is 0 Å². The van der Waals surface area contributed by atoms with E-state index in [0.717, 1.165) is 12.8 Å². The van der Waals surface area contributed by atoms with Crippen molar-refractivity contribution in [3.8, 4) is 0 Å². The van der Waals surface area contributed by atoms with Crippen LogP contribution >= 0.6 is 0 Å². The molecule has 0 aromatic carbocycles. The zero-order valence-electron chi connectivity index (χ0n) is 13.0. The van der Waals surface area contributed by atoms with E-state index in [1.807, 2.05) is 0 Å². The molecule has 0 amide bonds. The lowest BCUT2D eigenvalue weighted by Gasteiger charge is -2.31. The molecule has 21 heavy (non-hydrogen) atoms. The molecular weight excluding hydrogens is 270 g/mol. The van der Waals surface area contributed by atoms with Gasteiger partial charge in [-0.2, -0.15) is 4.98 Å². The van der Waals surface area contributed by atoms with Crippen LogP contribution in [0.25, 0.3) is 0 Å². The third-order valence-electron chi connectivity index (χ3n) is 4.09. The molecule has 1 saturated carbocycles. The molecule has 120 valence electrons. The average molecular weight is 297 g/mol. The van der Waals surface area contributed by atoms with Gasteiger partial charge in [0, 0.05) is 6.54 Å². The Hall–Kier alpha value is -0.980. The molecule has 1 fully saturated rings. The predicted octanol–water partition coefficient (Wildman–Crippen LogP) is 1.81. The predicted molar refractivity (Wildman–Crippen MR) is 78.7 cm³/mol. The minimum Gasteiger partial charge on any atom is -0.389 e. The highest BCUT2D eigenvalue weighted by molar-refractivity contribution is 4.82. The standard InChI is InChI=1S/C15H27N3O3/c1-3-12-6-4-5-7-14(12)20-10-13(19)8-16-9-15-17-11(2)18-21-15/h12-14,16,19H,3-10H2,1-2H3. The number of hydrogen-bond acceptors (Lipinski definition) is 6. The maximum absolute atomic E-state index is 9.97. The van der Waals surface area contributed by atoms with Crippen molar-refractivity contribution in [3.05, 3.63) is 11.7 Å². The monoisotopic (exact) mass is 297 g/mol. The van der Waals surface area contributed by atoms with E-state index < -0.39 is 6.10 Å². The average Bonchev–Trinajstić information content (AvgIpc) is 2.91. The van der Waals surface area contributed by atoms with Crippen LogP contribution < -0.4 is 5.32 Å². The second-order valence-electron chi connectivity index (χ2n) is 5.84. The van der Waals surface area contributed by atoms with Crippen molar-refractivity contribution in [1.29, 1.82) is 0 Å². The molecule has 1 aliphatic carbocycles. The highest BCUT2D eigenvalue weighted by atomic mass is 16.5. The molecule has 0 spiro atoms. The van der Waals surface area contributed by atoms with Gasteiger partial charge in [0.15, 0.2) is 5.82 Å². The molecule has 0 bridgehead atoms. The van der Waals surface area contributed by atoms with Crippen LogP contribution in [-0.4, -0.2) is 40.6 Å². The summed E-state index contributed by atoms with van der Waals surface area (Å²) >= 11 is 0. The van der Waals surface area contributed by atoms with E-state index in [0.29, 0.717) is 43.4 Å². The molecule has 3 unspecified atom stereocenters. The summed E-state index contributed by atoms with van der Waals surface area (Å²) in [5.41, 5.74) is 0. The van der Waals surface area contributed by atoms with Gasteiger partial charge >= 0.3 is 0 Å². The fourth-order valence-electron chi connectivity index (χ4n) is 2.91. The van der Waals surface area contributed by atoms with Gasteiger partial charge < -0.3 is 19.7 Å². The number of aryl methyl sites for hydroxylation is 1. The number of nitrogens with one attached hydrogen (secondary N) is 1. The Balaban J connectivity index is 1.61. The largest absolute Gasteiger partial charge is 0.389 e. The molecule has 1 aliphatic rings. The van der Waals surface area contributed by atoms with Crippen LogP contribution in [0.1, 0.15) is 50.7 Å². The topological polar surface area (TPSA) is 80.4 Å².